The fourth-order valence-corrected chi connectivity index (χ4v) is 4.22. The number of nitrogens with zero attached hydrogens (tertiary/aromatic N) is 4. The van der Waals surface area contributed by atoms with Crippen LogP contribution in [0.3, 0.4) is 0 Å². The van der Waals surface area contributed by atoms with Gasteiger partial charge in [0.2, 0.25) is 0 Å². The summed E-state index contributed by atoms with van der Waals surface area (Å²) >= 11 is 0. The number of rotatable bonds is 4. The topological polar surface area (TPSA) is 80.8 Å². The van der Waals surface area contributed by atoms with Crippen molar-refractivity contribution in [2.45, 2.75) is 25.9 Å². The molecule has 1 aromatic carbocycles. The first-order valence-electron chi connectivity index (χ1n) is 10.6. The maximum Gasteiger partial charge on any atom is 0.322 e. The zero-order chi connectivity index (χ0) is 22.2. The summed E-state index contributed by atoms with van der Waals surface area (Å²) in [6.07, 6.45) is 1.77. The van der Waals surface area contributed by atoms with E-state index in [1.54, 1.807) is 24.2 Å². The van der Waals surface area contributed by atoms with Crippen LogP contribution in [0.1, 0.15) is 35.5 Å². The standard InChI is InChI=1S/C23H30N6O2/c1-23(2)18-7-5-16(13-20(18)26-22(31)27(23)4)15-28-9-11-29(12-10-28)17-6-8-19(25-14-17)21(30)24-3/h5-8,13-14H,9-12,15H2,1-4H3,(H,24,30)(H,26,31). The van der Waals surface area contributed by atoms with Gasteiger partial charge in [-0.1, -0.05) is 12.1 Å². The summed E-state index contributed by atoms with van der Waals surface area (Å²) < 4.78 is 0. The molecule has 1 saturated heterocycles. The third-order valence-electron chi connectivity index (χ3n) is 6.48. The van der Waals surface area contributed by atoms with Crippen LogP contribution in [0.5, 0.6) is 0 Å². The molecule has 2 aromatic rings. The predicted octanol–water partition coefficient (Wildman–Crippen LogP) is 2.48. The van der Waals surface area contributed by atoms with Gasteiger partial charge in [-0.05, 0) is 37.6 Å². The zero-order valence-electron chi connectivity index (χ0n) is 18.6. The van der Waals surface area contributed by atoms with E-state index in [9.17, 15) is 9.59 Å². The van der Waals surface area contributed by atoms with Crippen LogP contribution >= 0.6 is 0 Å². The van der Waals surface area contributed by atoms with Crippen molar-refractivity contribution in [3.63, 3.8) is 0 Å². The molecule has 4 rings (SSSR count). The van der Waals surface area contributed by atoms with Gasteiger partial charge in [-0.25, -0.2) is 9.78 Å². The number of carbonyl (C=O) groups is 2. The Hall–Kier alpha value is -3.13. The van der Waals surface area contributed by atoms with Gasteiger partial charge in [-0.2, -0.15) is 0 Å². The van der Waals surface area contributed by atoms with Crippen molar-refractivity contribution in [3.8, 4) is 0 Å². The SMILES string of the molecule is CNC(=O)c1ccc(N2CCN(Cc3ccc4c(c3)NC(=O)N(C)C4(C)C)CC2)cn1. The fourth-order valence-electron chi connectivity index (χ4n) is 4.22. The lowest BCUT2D eigenvalue weighted by Crippen LogP contribution is -2.49. The Labute approximate surface area is 183 Å². The van der Waals surface area contributed by atoms with Crippen LogP contribution < -0.4 is 15.5 Å². The first-order chi connectivity index (χ1) is 14.8. The van der Waals surface area contributed by atoms with E-state index in [1.807, 2.05) is 13.1 Å². The number of hydrogen-bond acceptors (Lipinski definition) is 5. The van der Waals surface area contributed by atoms with Crippen molar-refractivity contribution in [2.75, 3.05) is 50.5 Å². The predicted molar refractivity (Wildman–Crippen MR) is 121 cm³/mol. The molecule has 0 bridgehead atoms. The van der Waals surface area contributed by atoms with E-state index >= 15 is 0 Å². The van der Waals surface area contributed by atoms with Gasteiger partial charge < -0.3 is 20.4 Å². The summed E-state index contributed by atoms with van der Waals surface area (Å²) in [7, 11) is 3.43. The summed E-state index contributed by atoms with van der Waals surface area (Å²) in [6.45, 7) is 8.67. The highest BCUT2D eigenvalue weighted by atomic mass is 16.2. The van der Waals surface area contributed by atoms with Gasteiger partial charge in [0.25, 0.3) is 5.91 Å². The number of amides is 3. The molecule has 164 valence electrons. The van der Waals surface area contributed by atoms with Crippen LogP contribution in [0.25, 0.3) is 0 Å². The Bertz CT molecular complexity index is 980. The number of nitrogens with one attached hydrogen (secondary N) is 2. The minimum absolute atomic E-state index is 0.0701. The van der Waals surface area contributed by atoms with E-state index in [0.717, 1.165) is 49.7 Å². The average Bonchev–Trinajstić information content (AvgIpc) is 2.78. The molecule has 8 nitrogen and oxygen atoms in total. The average molecular weight is 423 g/mol. The summed E-state index contributed by atoms with van der Waals surface area (Å²) in [6, 6.07) is 10.1. The van der Waals surface area contributed by atoms with Crippen molar-refractivity contribution >= 4 is 23.3 Å². The number of benzene rings is 1. The Balaban J connectivity index is 1.38. The molecule has 0 aliphatic carbocycles. The Kier molecular flexibility index (Phi) is 5.58. The van der Waals surface area contributed by atoms with E-state index < -0.39 is 0 Å². The lowest BCUT2D eigenvalue weighted by atomic mass is 9.88. The summed E-state index contributed by atoms with van der Waals surface area (Å²) in [5, 5.41) is 5.60. The third kappa shape index (κ3) is 4.07. The van der Waals surface area contributed by atoms with Gasteiger partial charge in [0, 0.05) is 58.1 Å². The number of hydrogen-bond donors (Lipinski definition) is 2. The second-order valence-electron chi connectivity index (χ2n) is 8.67. The normalized spacial score (nSPS) is 18.4. The molecule has 0 saturated carbocycles. The summed E-state index contributed by atoms with van der Waals surface area (Å²) in [5.41, 5.74) is 4.38. The van der Waals surface area contributed by atoms with Gasteiger partial charge >= 0.3 is 6.03 Å². The number of pyridine rings is 1. The number of piperazine rings is 1. The Morgan fingerprint density at radius 1 is 1.16 bits per heavy atom. The molecule has 2 aliphatic rings. The lowest BCUT2D eigenvalue weighted by Gasteiger charge is -2.41. The molecule has 0 unspecified atom stereocenters. The number of carbonyl (C=O) groups excluding carboxylic acids is 2. The van der Waals surface area contributed by atoms with Crippen molar-refractivity contribution in [1.29, 1.82) is 0 Å². The smallest absolute Gasteiger partial charge is 0.322 e. The second kappa shape index (κ2) is 8.19. The number of urea groups is 1. The highest BCUT2D eigenvalue weighted by Gasteiger charge is 2.36. The van der Waals surface area contributed by atoms with E-state index in [1.165, 1.54) is 5.56 Å². The van der Waals surface area contributed by atoms with E-state index in [-0.39, 0.29) is 17.5 Å². The number of fused-ring (bicyclic) bond motifs is 1. The van der Waals surface area contributed by atoms with Crippen LogP contribution in [0.4, 0.5) is 16.2 Å². The third-order valence-corrected chi connectivity index (χ3v) is 6.48. The zero-order valence-corrected chi connectivity index (χ0v) is 18.6. The highest BCUT2D eigenvalue weighted by molar-refractivity contribution is 5.93. The molecule has 3 amide bonds. The molecule has 2 aliphatic heterocycles. The second-order valence-corrected chi connectivity index (χ2v) is 8.67. The van der Waals surface area contributed by atoms with Crippen molar-refractivity contribution in [3.05, 3.63) is 53.3 Å². The largest absolute Gasteiger partial charge is 0.368 e. The molecule has 0 radical (unpaired) electrons. The minimum atomic E-state index is -0.330. The van der Waals surface area contributed by atoms with Crippen molar-refractivity contribution < 1.29 is 9.59 Å². The van der Waals surface area contributed by atoms with Crippen molar-refractivity contribution in [1.82, 2.24) is 20.1 Å². The summed E-state index contributed by atoms with van der Waals surface area (Å²) in [4.78, 5) is 34.7. The van der Waals surface area contributed by atoms with Crippen LogP contribution in [-0.2, 0) is 12.1 Å². The first-order valence-corrected chi connectivity index (χ1v) is 10.6. The Morgan fingerprint density at radius 3 is 2.55 bits per heavy atom. The lowest BCUT2D eigenvalue weighted by molar-refractivity contribution is 0.0958. The van der Waals surface area contributed by atoms with Gasteiger partial charge in [-0.3, -0.25) is 9.69 Å². The molecule has 0 atom stereocenters. The maximum atomic E-state index is 12.3. The quantitative estimate of drug-likeness (QED) is 0.791. The Morgan fingerprint density at radius 2 is 1.90 bits per heavy atom. The molecular weight excluding hydrogens is 392 g/mol. The minimum Gasteiger partial charge on any atom is -0.368 e. The van der Waals surface area contributed by atoms with Crippen LogP contribution in [0.2, 0.25) is 0 Å². The molecule has 3 heterocycles. The van der Waals surface area contributed by atoms with Crippen LogP contribution in [0, 0.1) is 0 Å². The monoisotopic (exact) mass is 422 g/mol. The van der Waals surface area contributed by atoms with Gasteiger partial charge in [0.05, 0.1) is 17.4 Å². The molecule has 1 aromatic heterocycles. The number of aromatic nitrogens is 1. The van der Waals surface area contributed by atoms with Crippen molar-refractivity contribution in [2.24, 2.45) is 0 Å². The van der Waals surface area contributed by atoms with E-state index in [0.29, 0.717) is 5.69 Å². The first kappa shape index (κ1) is 21.1. The highest BCUT2D eigenvalue weighted by Crippen LogP contribution is 2.37. The van der Waals surface area contributed by atoms with Crippen LogP contribution in [-0.4, -0.2) is 67.0 Å². The molecule has 0 spiro atoms. The van der Waals surface area contributed by atoms with Gasteiger partial charge in [-0.15, -0.1) is 0 Å². The maximum absolute atomic E-state index is 12.3. The molecular formula is C23H30N6O2. The fraction of sp³-hybridized carbons (Fsp3) is 0.435. The van der Waals surface area contributed by atoms with E-state index in [4.69, 9.17) is 0 Å². The van der Waals surface area contributed by atoms with Gasteiger partial charge in [0.1, 0.15) is 5.69 Å². The summed E-state index contributed by atoms with van der Waals surface area (Å²) in [5.74, 6) is -0.173. The molecule has 8 heteroatoms. The van der Waals surface area contributed by atoms with Gasteiger partial charge in [0.15, 0.2) is 0 Å². The van der Waals surface area contributed by atoms with Crippen LogP contribution in [0.15, 0.2) is 36.5 Å². The molecule has 2 N–H and O–H groups in total. The number of anilines is 2. The molecule has 1 fully saturated rings. The van der Waals surface area contributed by atoms with E-state index in [2.05, 4.69) is 57.5 Å². The molecule has 31 heavy (non-hydrogen) atoms.